The molecule has 0 spiro atoms. The smallest absolute Gasteiger partial charge is 0.169 e. The maximum Gasteiger partial charge on any atom is 0.169 e. The number of hydrogen-bond acceptors (Lipinski definition) is 4. The van der Waals surface area contributed by atoms with Crippen LogP contribution >= 0.6 is 0 Å². The van der Waals surface area contributed by atoms with Crippen molar-refractivity contribution in [3.63, 3.8) is 0 Å². The Kier molecular flexibility index (Phi) is 4.01. The van der Waals surface area contributed by atoms with E-state index in [1.807, 2.05) is 6.07 Å². The highest BCUT2D eigenvalue weighted by molar-refractivity contribution is 5.44. The number of nitrogens with two attached hydrogens (primary N) is 1. The molecule has 0 saturated heterocycles. The first kappa shape index (κ1) is 11.4. The lowest BCUT2D eigenvalue weighted by Crippen LogP contribution is -2.04. The van der Waals surface area contributed by atoms with Gasteiger partial charge in [0, 0.05) is 25.5 Å². The molecular weight excluding hydrogens is 197 g/mol. The van der Waals surface area contributed by atoms with Crippen molar-refractivity contribution in [3.05, 3.63) is 23.1 Å². The number of nitrogens with zero attached hydrogens (tertiary/aromatic N) is 2. The lowest BCUT2D eigenvalue weighted by molar-refractivity contribution is 0.195. The molecule has 4 nitrogen and oxygen atoms in total. The molecule has 0 aromatic carbocycles. The van der Waals surface area contributed by atoms with Crippen molar-refractivity contribution in [3.8, 4) is 6.07 Å². The van der Waals surface area contributed by atoms with Gasteiger partial charge in [-0.3, -0.25) is 0 Å². The predicted octanol–water partition coefficient (Wildman–Crippen LogP) is 1.25. The quantitative estimate of drug-likeness (QED) is 0.757. The van der Waals surface area contributed by atoms with Gasteiger partial charge in [-0.25, -0.2) is 9.37 Å². The molecule has 80 valence electrons. The summed E-state index contributed by atoms with van der Waals surface area (Å²) in [5, 5.41) is 8.76. The first-order chi connectivity index (χ1) is 7.20. The molecule has 1 rings (SSSR count). The van der Waals surface area contributed by atoms with Crippen molar-refractivity contribution < 1.29 is 9.13 Å². The second-order valence-electron chi connectivity index (χ2n) is 3.06. The number of nitriles is 1. The zero-order chi connectivity index (χ0) is 11.3. The Bertz CT molecular complexity index is 387. The molecule has 0 radical (unpaired) electrons. The van der Waals surface area contributed by atoms with E-state index in [9.17, 15) is 4.39 Å². The molecule has 0 atom stereocenters. The van der Waals surface area contributed by atoms with Crippen LogP contribution in [-0.4, -0.2) is 18.7 Å². The van der Waals surface area contributed by atoms with Gasteiger partial charge in [-0.15, -0.1) is 0 Å². The Morgan fingerprint density at radius 1 is 1.67 bits per heavy atom. The molecule has 0 amide bonds. The second kappa shape index (κ2) is 5.27. The summed E-state index contributed by atoms with van der Waals surface area (Å²) in [6, 6.07) is 1.89. The van der Waals surface area contributed by atoms with E-state index < -0.39 is 5.82 Å². The average Bonchev–Trinajstić information content (AvgIpc) is 2.25. The van der Waals surface area contributed by atoms with E-state index in [0.29, 0.717) is 25.0 Å². The number of hydrogen-bond donors (Lipinski definition) is 1. The third-order valence-electron chi connectivity index (χ3n) is 2.04. The van der Waals surface area contributed by atoms with Crippen molar-refractivity contribution >= 4 is 5.82 Å². The van der Waals surface area contributed by atoms with Crippen LogP contribution in [0.25, 0.3) is 0 Å². The summed E-state index contributed by atoms with van der Waals surface area (Å²) in [6.45, 7) is 0.520. The number of methoxy groups -OCH3 is 1. The summed E-state index contributed by atoms with van der Waals surface area (Å²) in [7, 11) is 1.57. The fourth-order valence-electron chi connectivity index (χ4n) is 1.28. The molecule has 0 aliphatic carbocycles. The zero-order valence-corrected chi connectivity index (χ0v) is 8.46. The first-order valence-corrected chi connectivity index (χ1v) is 4.52. The van der Waals surface area contributed by atoms with Crippen molar-refractivity contribution in [1.29, 1.82) is 5.26 Å². The van der Waals surface area contributed by atoms with Crippen LogP contribution in [0.1, 0.15) is 17.5 Å². The fourth-order valence-corrected chi connectivity index (χ4v) is 1.28. The van der Waals surface area contributed by atoms with Crippen molar-refractivity contribution in [2.45, 2.75) is 12.8 Å². The number of halogens is 1. The average molecular weight is 209 g/mol. The highest BCUT2D eigenvalue weighted by atomic mass is 19.1. The van der Waals surface area contributed by atoms with E-state index in [-0.39, 0.29) is 11.4 Å². The van der Waals surface area contributed by atoms with E-state index in [0.717, 1.165) is 0 Å². The van der Waals surface area contributed by atoms with Gasteiger partial charge in [0.25, 0.3) is 0 Å². The van der Waals surface area contributed by atoms with E-state index in [2.05, 4.69) is 4.98 Å². The Balaban J connectivity index is 2.93. The van der Waals surface area contributed by atoms with Crippen LogP contribution in [-0.2, 0) is 11.2 Å². The minimum Gasteiger partial charge on any atom is -0.385 e. The Hall–Kier alpha value is -1.67. The molecule has 1 heterocycles. The number of rotatable bonds is 4. The van der Waals surface area contributed by atoms with E-state index >= 15 is 0 Å². The number of aromatic nitrogens is 1. The van der Waals surface area contributed by atoms with Gasteiger partial charge in [0.1, 0.15) is 6.07 Å². The number of ether oxygens (including phenoxy) is 1. The molecule has 0 saturated carbocycles. The summed E-state index contributed by atoms with van der Waals surface area (Å²) < 4.78 is 18.4. The maximum atomic E-state index is 13.5. The topological polar surface area (TPSA) is 71.9 Å². The SMILES string of the molecule is COCCCc1c(C#N)cnc(N)c1F. The van der Waals surface area contributed by atoms with Crippen LogP contribution in [0, 0.1) is 17.1 Å². The molecule has 2 N–H and O–H groups in total. The van der Waals surface area contributed by atoms with Crippen LogP contribution in [0.4, 0.5) is 10.2 Å². The summed E-state index contributed by atoms with van der Waals surface area (Å²) in [5.74, 6) is -0.758. The molecule has 15 heavy (non-hydrogen) atoms. The number of pyridine rings is 1. The second-order valence-corrected chi connectivity index (χ2v) is 3.06. The van der Waals surface area contributed by atoms with Gasteiger partial charge >= 0.3 is 0 Å². The van der Waals surface area contributed by atoms with Gasteiger partial charge in [-0.1, -0.05) is 0 Å². The first-order valence-electron chi connectivity index (χ1n) is 4.52. The molecule has 0 unspecified atom stereocenters. The normalized spacial score (nSPS) is 9.93. The van der Waals surface area contributed by atoms with Gasteiger partial charge in [0.15, 0.2) is 11.6 Å². The van der Waals surface area contributed by atoms with E-state index in [4.69, 9.17) is 15.7 Å². The molecule has 1 aromatic rings. The molecule has 5 heteroatoms. The molecular formula is C10H12FN3O. The molecule has 0 aliphatic rings. The van der Waals surface area contributed by atoms with Crippen LogP contribution in [0.3, 0.4) is 0 Å². The third kappa shape index (κ3) is 2.64. The van der Waals surface area contributed by atoms with Crippen LogP contribution in [0.5, 0.6) is 0 Å². The van der Waals surface area contributed by atoms with Crippen molar-refractivity contribution in [1.82, 2.24) is 4.98 Å². The monoisotopic (exact) mass is 209 g/mol. The summed E-state index contributed by atoms with van der Waals surface area (Å²) in [4.78, 5) is 3.59. The van der Waals surface area contributed by atoms with E-state index in [1.165, 1.54) is 6.20 Å². The van der Waals surface area contributed by atoms with Gasteiger partial charge in [0.2, 0.25) is 0 Å². The van der Waals surface area contributed by atoms with Gasteiger partial charge in [0.05, 0.1) is 5.56 Å². The van der Waals surface area contributed by atoms with Crippen LogP contribution in [0.15, 0.2) is 6.20 Å². The Labute approximate surface area is 87.5 Å². The lowest BCUT2D eigenvalue weighted by Gasteiger charge is -2.06. The lowest BCUT2D eigenvalue weighted by atomic mass is 10.1. The summed E-state index contributed by atoms with van der Waals surface area (Å²) in [6.07, 6.45) is 2.36. The molecule has 0 bridgehead atoms. The highest BCUT2D eigenvalue weighted by Crippen LogP contribution is 2.18. The fraction of sp³-hybridized carbons (Fsp3) is 0.400. The van der Waals surface area contributed by atoms with Gasteiger partial charge in [-0.05, 0) is 12.8 Å². The van der Waals surface area contributed by atoms with Crippen LogP contribution < -0.4 is 5.73 Å². The summed E-state index contributed by atoms with van der Waals surface area (Å²) in [5.41, 5.74) is 5.88. The minimum absolute atomic E-state index is 0.165. The molecule has 1 aromatic heterocycles. The molecule has 0 aliphatic heterocycles. The maximum absolute atomic E-state index is 13.5. The highest BCUT2D eigenvalue weighted by Gasteiger charge is 2.12. The van der Waals surface area contributed by atoms with Crippen molar-refractivity contribution in [2.24, 2.45) is 0 Å². The number of nitrogen functional groups attached to an aromatic ring is 1. The Morgan fingerprint density at radius 2 is 2.40 bits per heavy atom. The minimum atomic E-state index is -0.592. The predicted molar refractivity (Wildman–Crippen MR) is 53.5 cm³/mol. The van der Waals surface area contributed by atoms with Crippen LogP contribution in [0.2, 0.25) is 0 Å². The largest absolute Gasteiger partial charge is 0.385 e. The van der Waals surface area contributed by atoms with E-state index in [1.54, 1.807) is 7.11 Å². The van der Waals surface area contributed by atoms with Gasteiger partial charge < -0.3 is 10.5 Å². The summed E-state index contributed by atoms with van der Waals surface area (Å²) >= 11 is 0. The van der Waals surface area contributed by atoms with Gasteiger partial charge in [-0.2, -0.15) is 5.26 Å². The zero-order valence-electron chi connectivity index (χ0n) is 8.46. The molecule has 0 fully saturated rings. The standard InChI is InChI=1S/C10H12FN3O/c1-15-4-2-3-8-7(5-12)6-14-10(13)9(8)11/h6H,2-4H2,1H3,(H2,13,14). The van der Waals surface area contributed by atoms with Crippen molar-refractivity contribution in [2.75, 3.05) is 19.5 Å². The third-order valence-corrected chi connectivity index (χ3v) is 2.04. The number of anilines is 1. The Morgan fingerprint density at radius 3 is 3.00 bits per heavy atom.